The number of aromatic nitrogens is 1. The van der Waals surface area contributed by atoms with E-state index in [4.69, 9.17) is 5.21 Å². The van der Waals surface area contributed by atoms with E-state index in [1.54, 1.807) is 29.7 Å². The van der Waals surface area contributed by atoms with E-state index in [0.717, 1.165) is 27.7 Å². The number of hydroxylamine groups is 1. The van der Waals surface area contributed by atoms with Crippen molar-refractivity contribution in [3.05, 3.63) is 101 Å². The van der Waals surface area contributed by atoms with Crippen molar-refractivity contribution in [3.63, 3.8) is 0 Å². The Morgan fingerprint density at radius 3 is 2.33 bits per heavy atom. The van der Waals surface area contributed by atoms with Crippen molar-refractivity contribution < 1.29 is 14.8 Å². The molecule has 2 amide bonds. The van der Waals surface area contributed by atoms with Crippen LogP contribution in [-0.2, 0) is 13.5 Å². The summed E-state index contributed by atoms with van der Waals surface area (Å²) in [4.78, 5) is 24.0. The van der Waals surface area contributed by atoms with Crippen molar-refractivity contribution in [3.8, 4) is 0 Å². The highest BCUT2D eigenvalue weighted by Crippen LogP contribution is 2.25. The van der Waals surface area contributed by atoms with Crippen LogP contribution >= 0.6 is 0 Å². The maximum Gasteiger partial charge on any atom is 0.274 e. The molecule has 0 bridgehead atoms. The minimum atomic E-state index is -0.537. The van der Waals surface area contributed by atoms with Gasteiger partial charge in [-0.2, -0.15) is 0 Å². The highest BCUT2D eigenvalue weighted by Gasteiger charge is 2.12. The third-order valence-electron chi connectivity index (χ3n) is 5.08. The number of hydrogen-bond acceptors (Lipinski definition) is 3. The Hall–Kier alpha value is -3.90. The summed E-state index contributed by atoms with van der Waals surface area (Å²) in [7, 11) is 1.96. The fourth-order valence-corrected chi connectivity index (χ4v) is 3.54. The number of rotatable bonds is 5. The normalized spacial score (nSPS) is 10.7. The summed E-state index contributed by atoms with van der Waals surface area (Å²) < 4.78 is 2.01. The number of aryl methyl sites for hydroxylation is 1. The van der Waals surface area contributed by atoms with Gasteiger partial charge in [0.1, 0.15) is 0 Å². The molecular weight excluding hydrogens is 378 g/mol. The Balaban J connectivity index is 1.54. The minimum Gasteiger partial charge on any atom is -0.350 e. The summed E-state index contributed by atoms with van der Waals surface area (Å²) in [6, 6.07) is 22.1. The van der Waals surface area contributed by atoms with Gasteiger partial charge in [-0.15, -0.1) is 0 Å². The number of carbonyl (C=O) groups excluding carboxylic acids is 2. The summed E-state index contributed by atoms with van der Waals surface area (Å²) >= 11 is 0. The topological polar surface area (TPSA) is 83.4 Å². The van der Waals surface area contributed by atoms with Crippen molar-refractivity contribution in [1.29, 1.82) is 0 Å². The van der Waals surface area contributed by atoms with Crippen molar-refractivity contribution in [2.24, 2.45) is 7.05 Å². The number of nitrogens with one attached hydrogen (secondary N) is 2. The lowest BCUT2D eigenvalue weighted by atomic mass is 10.0. The van der Waals surface area contributed by atoms with E-state index in [9.17, 15) is 9.59 Å². The fourth-order valence-electron chi connectivity index (χ4n) is 3.54. The molecule has 6 heteroatoms. The number of amides is 2. The summed E-state index contributed by atoms with van der Waals surface area (Å²) in [6.07, 6.45) is 2.71. The van der Waals surface area contributed by atoms with E-state index < -0.39 is 5.91 Å². The molecule has 0 atom stereocenters. The van der Waals surface area contributed by atoms with E-state index in [1.807, 2.05) is 66.3 Å². The number of benzene rings is 3. The second-order valence-corrected chi connectivity index (χ2v) is 7.13. The lowest BCUT2D eigenvalue weighted by molar-refractivity contribution is 0.0706. The highest BCUT2D eigenvalue weighted by molar-refractivity contribution is 6.04. The van der Waals surface area contributed by atoms with E-state index in [-0.39, 0.29) is 5.91 Å². The third-order valence-corrected chi connectivity index (χ3v) is 5.08. The van der Waals surface area contributed by atoms with Gasteiger partial charge in [0, 0.05) is 41.0 Å². The standard InChI is InChI=1S/C24H21N3O3/c1-27-15-19(21-14-18(24(29)26-30)9-12-22(21)27)13-16-7-10-20(11-8-16)25-23(28)17-5-3-2-4-6-17/h2-12,14-15,30H,13H2,1H3,(H,25,28)(H,26,29). The summed E-state index contributed by atoms with van der Waals surface area (Å²) in [5, 5.41) is 12.8. The van der Waals surface area contributed by atoms with E-state index in [1.165, 1.54) is 0 Å². The van der Waals surface area contributed by atoms with Gasteiger partial charge in [-0.25, -0.2) is 5.48 Å². The SMILES string of the molecule is Cn1cc(Cc2ccc(NC(=O)c3ccccc3)cc2)c2cc(C(=O)NO)ccc21. The molecule has 30 heavy (non-hydrogen) atoms. The molecule has 3 N–H and O–H groups in total. The molecule has 6 nitrogen and oxygen atoms in total. The molecule has 0 aliphatic carbocycles. The average Bonchev–Trinajstić information content (AvgIpc) is 3.09. The summed E-state index contributed by atoms with van der Waals surface area (Å²) in [5.74, 6) is -0.683. The minimum absolute atomic E-state index is 0.146. The molecule has 3 aromatic carbocycles. The van der Waals surface area contributed by atoms with E-state index >= 15 is 0 Å². The number of fused-ring (bicyclic) bond motifs is 1. The molecule has 0 fully saturated rings. The monoisotopic (exact) mass is 399 g/mol. The van der Waals surface area contributed by atoms with Gasteiger partial charge >= 0.3 is 0 Å². The fraction of sp³-hybridized carbons (Fsp3) is 0.0833. The van der Waals surface area contributed by atoms with Crippen LogP contribution in [0.2, 0.25) is 0 Å². The van der Waals surface area contributed by atoms with Crippen molar-refractivity contribution >= 4 is 28.4 Å². The zero-order chi connectivity index (χ0) is 21.1. The number of hydrogen-bond donors (Lipinski definition) is 3. The lowest BCUT2D eigenvalue weighted by Crippen LogP contribution is -2.18. The van der Waals surface area contributed by atoms with Crippen LogP contribution < -0.4 is 10.8 Å². The molecule has 150 valence electrons. The Bertz CT molecular complexity index is 1210. The first-order valence-electron chi connectivity index (χ1n) is 9.53. The Morgan fingerprint density at radius 1 is 0.900 bits per heavy atom. The molecule has 1 aromatic heterocycles. The zero-order valence-corrected chi connectivity index (χ0v) is 16.4. The molecule has 0 aliphatic heterocycles. The number of nitrogens with zero attached hydrogens (tertiary/aromatic N) is 1. The van der Waals surface area contributed by atoms with Gasteiger partial charge in [-0.1, -0.05) is 30.3 Å². The Morgan fingerprint density at radius 2 is 1.63 bits per heavy atom. The van der Waals surface area contributed by atoms with Crippen LogP contribution in [0.1, 0.15) is 31.8 Å². The molecule has 4 rings (SSSR count). The first kappa shape index (κ1) is 19.4. The maximum atomic E-state index is 12.3. The van der Waals surface area contributed by atoms with Gasteiger partial charge in [0.25, 0.3) is 11.8 Å². The number of anilines is 1. The van der Waals surface area contributed by atoms with Gasteiger partial charge in [0.15, 0.2) is 0 Å². The van der Waals surface area contributed by atoms with Crippen LogP contribution in [0.5, 0.6) is 0 Å². The molecule has 4 aromatic rings. The van der Waals surface area contributed by atoms with Crippen LogP contribution in [-0.4, -0.2) is 21.6 Å². The predicted molar refractivity (Wildman–Crippen MR) is 116 cm³/mol. The molecule has 0 aliphatic rings. The van der Waals surface area contributed by atoms with E-state index in [2.05, 4.69) is 5.32 Å². The first-order chi connectivity index (χ1) is 14.5. The van der Waals surface area contributed by atoms with Crippen LogP contribution in [0.25, 0.3) is 10.9 Å². The first-order valence-corrected chi connectivity index (χ1v) is 9.53. The molecular formula is C24H21N3O3. The van der Waals surface area contributed by atoms with Crippen LogP contribution in [0.4, 0.5) is 5.69 Å². The lowest BCUT2D eigenvalue weighted by Gasteiger charge is -2.07. The van der Waals surface area contributed by atoms with Gasteiger partial charge in [0.05, 0.1) is 0 Å². The second-order valence-electron chi connectivity index (χ2n) is 7.13. The molecule has 0 saturated carbocycles. The predicted octanol–water partition coefficient (Wildman–Crippen LogP) is 4.14. The van der Waals surface area contributed by atoms with Crippen molar-refractivity contribution in [2.75, 3.05) is 5.32 Å². The number of carbonyl (C=O) groups is 2. The van der Waals surface area contributed by atoms with Gasteiger partial charge in [-0.05, 0) is 60.0 Å². The molecule has 0 spiro atoms. The maximum absolute atomic E-state index is 12.3. The Labute approximate surface area is 173 Å². The largest absolute Gasteiger partial charge is 0.350 e. The van der Waals surface area contributed by atoms with Gasteiger partial charge in [0.2, 0.25) is 0 Å². The summed E-state index contributed by atoms with van der Waals surface area (Å²) in [6.45, 7) is 0. The van der Waals surface area contributed by atoms with E-state index in [0.29, 0.717) is 17.5 Å². The summed E-state index contributed by atoms with van der Waals surface area (Å²) in [5.41, 5.74) is 6.57. The average molecular weight is 399 g/mol. The highest BCUT2D eigenvalue weighted by atomic mass is 16.5. The second kappa shape index (κ2) is 8.23. The third kappa shape index (κ3) is 3.94. The van der Waals surface area contributed by atoms with Crippen molar-refractivity contribution in [2.45, 2.75) is 6.42 Å². The molecule has 0 unspecified atom stereocenters. The van der Waals surface area contributed by atoms with Crippen LogP contribution in [0, 0.1) is 0 Å². The molecule has 1 heterocycles. The van der Waals surface area contributed by atoms with Crippen LogP contribution in [0.3, 0.4) is 0 Å². The quantitative estimate of drug-likeness (QED) is 0.348. The van der Waals surface area contributed by atoms with Gasteiger partial charge in [-0.3, -0.25) is 14.8 Å². The van der Waals surface area contributed by atoms with Gasteiger partial charge < -0.3 is 9.88 Å². The molecule has 0 saturated heterocycles. The van der Waals surface area contributed by atoms with Crippen molar-refractivity contribution in [1.82, 2.24) is 10.0 Å². The molecule has 0 radical (unpaired) electrons. The zero-order valence-electron chi connectivity index (χ0n) is 16.4. The Kier molecular flexibility index (Phi) is 5.32. The van der Waals surface area contributed by atoms with Crippen LogP contribution in [0.15, 0.2) is 79.0 Å². The smallest absolute Gasteiger partial charge is 0.274 e.